The van der Waals surface area contributed by atoms with Gasteiger partial charge in [0.2, 0.25) is 11.8 Å². The fraction of sp³-hybridized carbons (Fsp3) is 0.500. The number of hydrogen-bond donors (Lipinski definition) is 2. The number of allylic oxidation sites excluding steroid dienone is 1. The first-order valence-electron chi connectivity index (χ1n) is 4.96. The zero-order valence-corrected chi connectivity index (χ0v) is 10.8. The van der Waals surface area contributed by atoms with Gasteiger partial charge in [0.1, 0.15) is 0 Å². The Hall–Kier alpha value is -1.58. The Balaban J connectivity index is 0. The molecular weight excluding hydrogens is 204 g/mol. The molecule has 0 radical (unpaired) electrons. The molecule has 0 rings (SSSR count). The van der Waals surface area contributed by atoms with Gasteiger partial charge in [-0.15, -0.1) is 0 Å². The van der Waals surface area contributed by atoms with E-state index in [0.29, 0.717) is 11.1 Å². The molecule has 0 saturated heterocycles. The second kappa shape index (κ2) is 6.82. The third-order valence-electron chi connectivity index (χ3n) is 2.02. The van der Waals surface area contributed by atoms with Gasteiger partial charge in [-0.25, -0.2) is 0 Å². The highest BCUT2D eigenvalue weighted by Gasteiger charge is 2.18. The Morgan fingerprint density at radius 3 is 1.50 bits per heavy atom. The summed E-state index contributed by atoms with van der Waals surface area (Å²) in [4.78, 5) is 20.6. The monoisotopic (exact) mass is 226 g/mol. The number of hydrogen-bond acceptors (Lipinski definition) is 2. The molecule has 0 atom stereocenters. The molecule has 92 valence electrons. The van der Waals surface area contributed by atoms with Crippen LogP contribution in [0.1, 0.15) is 34.6 Å². The first-order valence-corrected chi connectivity index (χ1v) is 4.96. The van der Waals surface area contributed by atoms with E-state index >= 15 is 0 Å². The van der Waals surface area contributed by atoms with Crippen molar-refractivity contribution in [3.63, 3.8) is 0 Å². The zero-order valence-electron chi connectivity index (χ0n) is 10.8. The minimum absolute atomic E-state index is 0.189. The molecule has 0 heterocycles. The van der Waals surface area contributed by atoms with Gasteiger partial charge in [0.15, 0.2) is 0 Å². The topological polar surface area (TPSA) is 86.2 Å². The molecule has 0 unspecified atom stereocenters. The zero-order chi connectivity index (χ0) is 13.5. The fourth-order valence-electron chi connectivity index (χ4n) is 0.512. The Morgan fingerprint density at radius 2 is 1.50 bits per heavy atom. The predicted octanol–water partition coefficient (Wildman–Crippen LogP) is 1.51. The highest BCUT2D eigenvalue weighted by molar-refractivity contribution is 5.92. The highest BCUT2D eigenvalue weighted by Crippen LogP contribution is 2.22. The van der Waals surface area contributed by atoms with Crippen LogP contribution in [0.25, 0.3) is 0 Å². The van der Waals surface area contributed by atoms with E-state index in [2.05, 4.69) is 6.58 Å². The van der Waals surface area contributed by atoms with Gasteiger partial charge in [-0.1, -0.05) is 33.4 Å². The molecule has 0 fully saturated rings. The molecule has 0 bridgehead atoms. The quantitative estimate of drug-likeness (QED) is 0.699. The van der Waals surface area contributed by atoms with Gasteiger partial charge in [0.05, 0.1) is 0 Å². The van der Waals surface area contributed by atoms with E-state index in [-0.39, 0.29) is 11.3 Å². The maximum Gasteiger partial charge on any atom is 0.244 e. The van der Waals surface area contributed by atoms with Crippen molar-refractivity contribution < 1.29 is 9.59 Å². The summed E-state index contributed by atoms with van der Waals surface area (Å²) in [6, 6.07) is 0. The van der Waals surface area contributed by atoms with Crippen LogP contribution in [0, 0.1) is 5.41 Å². The van der Waals surface area contributed by atoms with Crippen molar-refractivity contribution in [3.8, 4) is 0 Å². The largest absolute Gasteiger partial charge is 0.366 e. The predicted molar refractivity (Wildman–Crippen MR) is 66.4 cm³/mol. The number of rotatable bonds is 2. The van der Waals surface area contributed by atoms with Crippen LogP contribution >= 0.6 is 0 Å². The fourth-order valence-corrected chi connectivity index (χ4v) is 0.512. The maximum absolute atomic E-state index is 10.5. The van der Waals surface area contributed by atoms with Crippen LogP contribution in [0.4, 0.5) is 0 Å². The van der Waals surface area contributed by atoms with Crippen LogP contribution in [0.3, 0.4) is 0 Å². The van der Waals surface area contributed by atoms with E-state index in [1.807, 2.05) is 20.8 Å². The van der Waals surface area contributed by atoms with E-state index in [1.54, 1.807) is 19.9 Å². The molecule has 4 nitrogen and oxygen atoms in total. The Morgan fingerprint density at radius 1 is 1.12 bits per heavy atom. The Kier molecular flexibility index (Phi) is 7.18. The SMILES string of the molecule is C=C(C(N)=O)C(C)(C)C.CC=C(C)C(N)=O. The summed E-state index contributed by atoms with van der Waals surface area (Å²) in [6.07, 6.45) is 1.68. The van der Waals surface area contributed by atoms with Gasteiger partial charge in [-0.3, -0.25) is 9.59 Å². The molecule has 4 N–H and O–H groups in total. The van der Waals surface area contributed by atoms with Crippen LogP contribution < -0.4 is 11.5 Å². The molecule has 0 aliphatic carbocycles. The number of primary amides is 2. The first kappa shape index (κ1) is 16.8. The van der Waals surface area contributed by atoms with Crippen LogP contribution in [0.5, 0.6) is 0 Å². The first-order chi connectivity index (χ1) is 7.03. The van der Waals surface area contributed by atoms with Crippen LogP contribution in [-0.2, 0) is 9.59 Å². The standard InChI is InChI=1S/C7H13NO.C5H9NO/c1-5(6(8)9)7(2,3)4;1-3-4(2)5(6)7/h1H2,2-4H3,(H2,8,9);3H,1-2H3,(H2,6,7). The Labute approximate surface area is 97.4 Å². The van der Waals surface area contributed by atoms with Crippen molar-refractivity contribution in [2.45, 2.75) is 34.6 Å². The summed E-state index contributed by atoms with van der Waals surface area (Å²) < 4.78 is 0. The summed E-state index contributed by atoms with van der Waals surface area (Å²) in [5.41, 5.74) is 10.7. The summed E-state index contributed by atoms with van der Waals surface area (Å²) >= 11 is 0. The van der Waals surface area contributed by atoms with Gasteiger partial charge in [-0.2, -0.15) is 0 Å². The van der Waals surface area contributed by atoms with Gasteiger partial charge >= 0.3 is 0 Å². The summed E-state index contributed by atoms with van der Waals surface area (Å²) in [6.45, 7) is 12.7. The molecule has 0 aromatic rings. The number of carbonyl (C=O) groups excluding carboxylic acids is 2. The summed E-state index contributed by atoms with van der Waals surface area (Å²) in [5.74, 6) is -0.759. The molecule has 2 amide bonds. The lowest BCUT2D eigenvalue weighted by atomic mass is 9.87. The molecule has 0 aromatic heterocycles. The van der Waals surface area contributed by atoms with Gasteiger partial charge in [0.25, 0.3) is 0 Å². The van der Waals surface area contributed by atoms with Crippen LogP contribution in [0.2, 0.25) is 0 Å². The normalized spacial score (nSPS) is 11.2. The molecular formula is C12H22N2O2. The number of carbonyl (C=O) groups is 2. The lowest BCUT2D eigenvalue weighted by Gasteiger charge is -2.17. The molecule has 0 aromatic carbocycles. The van der Waals surface area contributed by atoms with E-state index in [0.717, 1.165) is 0 Å². The minimum atomic E-state index is -0.414. The van der Waals surface area contributed by atoms with Crippen LogP contribution in [-0.4, -0.2) is 11.8 Å². The van der Waals surface area contributed by atoms with Crippen molar-refractivity contribution in [1.82, 2.24) is 0 Å². The second-order valence-electron chi connectivity index (χ2n) is 4.43. The van der Waals surface area contributed by atoms with Gasteiger partial charge in [-0.05, 0) is 19.3 Å². The number of amides is 2. The second-order valence-corrected chi connectivity index (χ2v) is 4.43. The average molecular weight is 226 g/mol. The highest BCUT2D eigenvalue weighted by atomic mass is 16.1. The van der Waals surface area contributed by atoms with Gasteiger partial charge < -0.3 is 11.5 Å². The van der Waals surface area contributed by atoms with Crippen molar-refractivity contribution in [3.05, 3.63) is 23.8 Å². The van der Waals surface area contributed by atoms with Crippen LogP contribution in [0.15, 0.2) is 23.8 Å². The third-order valence-corrected chi connectivity index (χ3v) is 2.02. The number of nitrogens with two attached hydrogens (primary N) is 2. The van der Waals surface area contributed by atoms with Crippen molar-refractivity contribution in [2.24, 2.45) is 16.9 Å². The van der Waals surface area contributed by atoms with E-state index < -0.39 is 5.91 Å². The minimum Gasteiger partial charge on any atom is -0.366 e. The Bertz CT molecular complexity index is 309. The van der Waals surface area contributed by atoms with Crippen molar-refractivity contribution in [1.29, 1.82) is 0 Å². The average Bonchev–Trinajstić information content (AvgIpc) is 2.14. The van der Waals surface area contributed by atoms with E-state index in [1.165, 1.54) is 0 Å². The molecule has 0 saturated carbocycles. The molecule has 4 heteroatoms. The molecule has 0 aliphatic rings. The lowest BCUT2D eigenvalue weighted by molar-refractivity contribution is -0.115. The smallest absolute Gasteiger partial charge is 0.244 e. The van der Waals surface area contributed by atoms with E-state index in [4.69, 9.17) is 11.5 Å². The molecule has 0 aliphatic heterocycles. The molecule has 16 heavy (non-hydrogen) atoms. The van der Waals surface area contributed by atoms with Gasteiger partial charge in [0, 0.05) is 11.1 Å². The molecule has 0 spiro atoms. The van der Waals surface area contributed by atoms with Crippen molar-refractivity contribution in [2.75, 3.05) is 0 Å². The van der Waals surface area contributed by atoms with E-state index in [9.17, 15) is 9.59 Å². The third kappa shape index (κ3) is 7.79. The maximum atomic E-state index is 10.5. The summed E-state index contributed by atoms with van der Waals surface area (Å²) in [7, 11) is 0. The lowest BCUT2D eigenvalue weighted by Crippen LogP contribution is -2.23. The summed E-state index contributed by atoms with van der Waals surface area (Å²) in [5, 5.41) is 0. The van der Waals surface area contributed by atoms with Crippen molar-refractivity contribution >= 4 is 11.8 Å².